The Balaban J connectivity index is 1.74. The molecule has 0 radical (unpaired) electrons. The van der Waals surface area contributed by atoms with Gasteiger partial charge in [0.1, 0.15) is 13.2 Å². The van der Waals surface area contributed by atoms with Crippen LogP contribution in [0.1, 0.15) is 37.8 Å². The van der Waals surface area contributed by atoms with Crippen molar-refractivity contribution in [2.45, 2.75) is 38.3 Å². The molecule has 0 spiro atoms. The molecule has 1 aromatic rings. The van der Waals surface area contributed by atoms with E-state index in [0.29, 0.717) is 13.2 Å². The van der Waals surface area contributed by atoms with Crippen LogP contribution in [0.25, 0.3) is 0 Å². The van der Waals surface area contributed by atoms with Crippen LogP contribution < -0.4 is 20.5 Å². The van der Waals surface area contributed by atoms with Gasteiger partial charge in [-0.2, -0.15) is 0 Å². The van der Waals surface area contributed by atoms with E-state index in [9.17, 15) is 4.79 Å². The summed E-state index contributed by atoms with van der Waals surface area (Å²) in [5.41, 5.74) is 6.98. The van der Waals surface area contributed by atoms with E-state index < -0.39 is 0 Å². The monoisotopic (exact) mass is 368 g/mol. The molecule has 5 nitrogen and oxygen atoms in total. The van der Waals surface area contributed by atoms with E-state index >= 15 is 0 Å². The van der Waals surface area contributed by atoms with Gasteiger partial charge in [0.15, 0.2) is 11.5 Å². The van der Waals surface area contributed by atoms with E-state index in [-0.39, 0.29) is 23.9 Å². The summed E-state index contributed by atoms with van der Waals surface area (Å²) in [5.74, 6) is 1.43. The molecule has 2 aliphatic rings. The summed E-state index contributed by atoms with van der Waals surface area (Å²) in [6, 6.07) is 3.69. The normalized spacial score (nSPS) is 24.9. The smallest absolute Gasteiger partial charge is 0.225 e. The SMILES string of the molecule is C[C@H](NC(=O)[C@H]1CCC[C@H]1N)c1cc2c(cc1Br)OCCO2. The highest BCUT2D eigenvalue weighted by molar-refractivity contribution is 9.10. The van der Waals surface area contributed by atoms with Crippen molar-refractivity contribution in [2.75, 3.05) is 13.2 Å². The van der Waals surface area contributed by atoms with Gasteiger partial charge in [0, 0.05) is 10.5 Å². The largest absolute Gasteiger partial charge is 0.486 e. The van der Waals surface area contributed by atoms with Crippen LogP contribution >= 0.6 is 15.9 Å². The zero-order chi connectivity index (χ0) is 15.7. The summed E-state index contributed by atoms with van der Waals surface area (Å²) in [6.07, 6.45) is 2.84. The summed E-state index contributed by atoms with van der Waals surface area (Å²) in [5, 5.41) is 3.07. The third kappa shape index (κ3) is 3.08. The Morgan fingerprint density at radius 2 is 2.00 bits per heavy atom. The van der Waals surface area contributed by atoms with Crippen molar-refractivity contribution >= 4 is 21.8 Å². The minimum absolute atomic E-state index is 0.0177. The molecule has 3 atom stereocenters. The lowest BCUT2D eigenvalue weighted by Gasteiger charge is -2.24. The number of hydrogen-bond acceptors (Lipinski definition) is 4. The van der Waals surface area contributed by atoms with Crippen molar-refractivity contribution in [3.63, 3.8) is 0 Å². The number of nitrogens with one attached hydrogen (secondary N) is 1. The van der Waals surface area contributed by atoms with E-state index in [1.807, 2.05) is 19.1 Å². The van der Waals surface area contributed by atoms with Crippen molar-refractivity contribution in [1.82, 2.24) is 5.32 Å². The van der Waals surface area contributed by atoms with E-state index in [4.69, 9.17) is 15.2 Å². The number of amides is 1. The van der Waals surface area contributed by atoms with Crippen LogP contribution in [0, 0.1) is 5.92 Å². The van der Waals surface area contributed by atoms with E-state index in [0.717, 1.165) is 40.8 Å². The van der Waals surface area contributed by atoms with Crippen molar-refractivity contribution in [1.29, 1.82) is 0 Å². The summed E-state index contributed by atoms with van der Waals surface area (Å²) < 4.78 is 12.1. The topological polar surface area (TPSA) is 73.6 Å². The van der Waals surface area contributed by atoms with Crippen LogP contribution in [0.4, 0.5) is 0 Å². The van der Waals surface area contributed by atoms with Gasteiger partial charge in [-0.25, -0.2) is 0 Å². The molecule has 1 heterocycles. The molecule has 1 saturated carbocycles. The maximum atomic E-state index is 12.4. The number of carbonyl (C=O) groups excluding carboxylic acids is 1. The maximum Gasteiger partial charge on any atom is 0.225 e. The molecule has 1 aliphatic carbocycles. The summed E-state index contributed by atoms with van der Waals surface area (Å²) in [7, 11) is 0. The maximum absolute atomic E-state index is 12.4. The molecule has 1 aromatic carbocycles. The van der Waals surface area contributed by atoms with Gasteiger partial charge >= 0.3 is 0 Å². The first-order valence-electron chi connectivity index (χ1n) is 7.71. The lowest BCUT2D eigenvalue weighted by atomic mass is 10.0. The van der Waals surface area contributed by atoms with E-state index in [2.05, 4.69) is 21.2 Å². The van der Waals surface area contributed by atoms with Crippen LogP contribution in [0.2, 0.25) is 0 Å². The van der Waals surface area contributed by atoms with Crippen LogP contribution in [-0.2, 0) is 4.79 Å². The highest BCUT2D eigenvalue weighted by Crippen LogP contribution is 2.38. The summed E-state index contributed by atoms with van der Waals surface area (Å²) in [6.45, 7) is 3.07. The number of nitrogens with two attached hydrogens (primary N) is 1. The molecule has 6 heteroatoms. The third-order valence-electron chi connectivity index (χ3n) is 4.39. The summed E-state index contributed by atoms with van der Waals surface area (Å²) >= 11 is 3.55. The molecular weight excluding hydrogens is 348 g/mol. The first-order valence-corrected chi connectivity index (χ1v) is 8.50. The zero-order valence-corrected chi connectivity index (χ0v) is 14.2. The van der Waals surface area contributed by atoms with Gasteiger partial charge in [0.25, 0.3) is 0 Å². The van der Waals surface area contributed by atoms with Crippen LogP contribution in [0.5, 0.6) is 11.5 Å². The van der Waals surface area contributed by atoms with Crippen LogP contribution in [-0.4, -0.2) is 25.2 Å². The fraction of sp³-hybridized carbons (Fsp3) is 0.562. The Morgan fingerprint density at radius 1 is 1.32 bits per heavy atom. The third-order valence-corrected chi connectivity index (χ3v) is 5.08. The Morgan fingerprint density at radius 3 is 2.64 bits per heavy atom. The molecule has 0 aromatic heterocycles. The molecule has 22 heavy (non-hydrogen) atoms. The first kappa shape index (κ1) is 15.6. The van der Waals surface area contributed by atoms with Gasteiger partial charge in [-0.05, 0) is 37.5 Å². The van der Waals surface area contributed by atoms with E-state index in [1.165, 1.54) is 0 Å². The lowest BCUT2D eigenvalue weighted by Crippen LogP contribution is -2.39. The second-order valence-corrected chi connectivity index (χ2v) is 6.80. The molecule has 1 fully saturated rings. The quantitative estimate of drug-likeness (QED) is 0.859. The van der Waals surface area contributed by atoms with Gasteiger partial charge in [0.2, 0.25) is 5.91 Å². The predicted octanol–water partition coefficient (Wildman–Crippen LogP) is 2.52. The number of benzene rings is 1. The molecule has 0 unspecified atom stereocenters. The number of rotatable bonds is 3. The van der Waals surface area contributed by atoms with Crippen molar-refractivity contribution < 1.29 is 14.3 Å². The summed E-state index contributed by atoms with van der Waals surface area (Å²) in [4.78, 5) is 12.4. The molecule has 3 rings (SSSR count). The Labute approximate surface area is 138 Å². The van der Waals surface area contributed by atoms with E-state index in [1.54, 1.807) is 0 Å². The zero-order valence-electron chi connectivity index (χ0n) is 12.6. The minimum Gasteiger partial charge on any atom is -0.486 e. The molecular formula is C16H21BrN2O3. The average molecular weight is 369 g/mol. The Kier molecular flexibility index (Phi) is 4.59. The lowest BCUT2D eigenvalue weighted by molar-refractivity contribution is -0.125. The molecule has 1 aliphatic heterocycles. The molecule has 0 bridgehead atoms. The van der Waals surface area contributed by atoms with Crippen molar-refractivity contribution in [3.05, 3.63) is 22.2 Å². The first-order chi connectivity index (χ1) is 10.6. The van der Waals surface area contributed by atoms with Crippen molar-refractivity contribution in [2.24, 2.45) is 11.7 Å². The van der Waals surface area contributed by atoms with Gasteiger partial charge in [-0.15, -0.1) is 0 Å². The van der Waals surface area contributed by atoms with Gasteiger partial charge in [-0.1, -0.05) is 22.4 Å². The van der Waals surface area contributed by atoms with Crippen molar-refractivity contribution in [3.8, 4) is 11.5 Å². The number of hydrogen-bond donors (Lipinski definition) is 2. The highest BCUT2D eigenvalue weighted by atomic mass is 79.9. The van der Waals surface area contributed by atoms with Crippen LogP contribution in [0.3, 0.4) is 0 Å². The Bertz CT molecular complexity index is 579. The van der Waals surface area contributed by atoms with Gasteiger partial charge in [-0.3, -0.25) is 4.79 Å². The standard InChI is InChI=1S/C16H21BrN2O3/c1-9(19-16(20)10-3-2-4-13(10)18)11-7-14-15(8-12(11)17)22-6-5-21-14/h7-10,13H,2-6,18H2,1H3,(H,19,20)/t9-,10-,13+/m0/s1. The number of carbonyl (C=O) groups is 1. The number of ether oxygens (including phenoxy) is 2. The highest BCUT2D eigenvalue weighted by Gasteiger charge is 2.31. The van der Waals surface area contributed by atoms with Gasteiger partial charge < -0.3 is 20.5 Å². The number of fused-ring (bicyclic) bond motifs is 1. The van der Waals surface area contributed by atoms with Crippen LogP contribution in [0.15, 0.2) is 16.6 Å². The fourth-order valence-electron chi connectivity index (χ4n) is 3.12. The average Bonchev–Trinajstić information content (AvgIpc) is 2.92. The second-order valence-electron chi connectivity index (χ2n) is 5.95. The van der Waals surface area contributed by atoms with Gasteiger partial charge in [0.05, 0.1) is 12.0 Å². The molecule has 0 saturated heterocycles. The Hall–Kier alpha value is -1.27. The number of halogens is 1. The molecule has 1 amide bonds. The fourth-order valence-corrected chi connectivity index (χ4v) is 3.79. The predicted molar refractivity (Wildman–Crippen MR) is 87.0 cm³/mol. The minimum atomic E-state index is -0.120. The molecule has 120 valence electrons. The second kappa shape index (κ2) is 6.46. The molecule has 3 N–H and O–H groups in total.